The second-order valence-corrected chi connectivity index (χ2v) is 4.98. The first kappa shape index (κ1) is 12.8. The third kappa shape index (κ3) is 2.54. The highest BCUT2D eigenvalue weighted by Crippen LogP contribution is 2.19. The molecule has 1 aliphatic heterocycles. The first-order chi connectivity index (χ1) is 9.74. The van der Waals surface area contributed by atoms with Crippen molar-refractivity contribution in [2.45, 2.75) is 13.8 Å². The molecule has 3 heterocycles. The fourth-order valence-corrected chi connectivity index (χ4v) is 2.43. The van der Waals surface area contributed by atoms with Crippen LogP contribution in [0.4, 0.5) is 11.6 Å². The van der Waals surface area contributed by atoms with Crippen LogP contribution in [-0.4, -0.2) is 46.3 Å². The van der Waals surface area contributed by atoms with E-state index in [-0.39, 0.29) is 0 Å². The van der Waals surface area contributed by atoms with Gasteiger partial charge in [-0.05, 0) is 26.0 Å². The third-order valence-corrected chi connectivity index (χ3v) is 3.51. The van der Waals surface area contributed by atoms with Crippen molar-refractivity contribution in [2.75, 3.05) is 36.0 Å². The van der Waals surface area contributed by atoms with Gasteiger partial charge in [0.15, 0.2) is 5.82 Å². The third-order valence-electron chi connectivity index (χ3n) is 3.51. The zero-order valence-electron chi connectivity index (χ0n) is 11.8. The molecule has 0 atom stereocenters. The molecule has 3 rings (SSSR count). The highest BCUT2D eigenvalue weighted by molar-refractivity contribution is 5.46. The Balaban J connectivity index is 1.71. The molecule has 1 fully saturated rings. The predicted molar refractivity (Wildman–Crippen MR) is 78.0 cm³/mol. The lowest BCUT2D eigenvalue weighted by Crippen LogP contribution is -2.47. The first-order valence-electron chi connectivity index (χ1n) is 6.82. The van der Waals surface area contributed by atoms with Crippen molar-refractivity contribution in [1.29, 1.82) is 0 Å². The Labute approximate surface area is 118 Å². The Morgan fingerprint density at radius 2 is 1.80 bits per heavy atom. The number of rotatable bonds is 2. The molecule has 0 aliphatic carbocycles. The minimum absolute atomic E-state index is 0.924. The molecule has 0 unspecified atom stereocenters. The van der Waals surface area contributed by atoms with Gasteiger partial charge in [-0.1, -0.05) is 0 Å². The van der Waals surface area contributed by atoms with Crippen LogP contribution in [0.5, 0.6) is 0 Å². The van der Waals surface area contributed by atoms with Gasteiger partial charge in [0.2, 0.25) is 0 Å². The van der Waals surface area contributed by atoms with Crippen molar-refractivity contribution in [2.24, 2.45) is 0 Å². The largest absolute Gasteiger partial charge is 0.352 e. The van der Waals surface area contributed by atoms with E-state index in [1.807, 2.05) is 32.2 Å². The van der Waals surface area contributed by atoms with E-state index in [2.05, 4.69) is 30.0 Å². The van der Waals surface area contributed by atoms with Crippen LogP contribution in [0.1, 0.15) is 11.4 Å². The Kier molecular flexibility index (Phi) is 3.45. The van der Waals surface area contributed by atoms with Crippen molar-refractivity contribution in [1.82, 2.24) is 20.2 Å². The van der Waals surface area contributed by atoms with Gasteiger partial charge >= 0.3 is 0 Å². The van der Waals surface area contributed by atoms with Crippen LogP contribution in [-0.2, 0) is 0 Å². The van der Waals surface area contributed by atoms with Crippen molar-refractivity contribution < 1.29 is 0 Å². The first-order valence-corrected chi connectivity index (χ1v) is 6.82. The van der Waals surface area contributed by atoms with Gasteiger partial charge in [0, 0.05) is 38.6 Å². The fourth-order valence-electron chi connectivity index (χ4n) is 2.43. The molecule has 2 aromatic heterocycles. The Morgan fingerprint density at radius 3 is 2.50 bits per heavy atom. The Hall–Kier alpha value is -2.24. The number of hydrogen-bond acceptors (Lipinski definition) is 6. The highest BCUT2D eigenvalue weighted by atomic mass is 15.3. The van der Waals surface area contributed by atoms with E-state index in [0.29, 0.717) is 0 Å². The molecule has 0 bridgehead atoms. The SMILES string of the molecule is Cc1cnc(C)c(N2CCN(c3cccnn3)CC2)n1. The Bertz CT molecular complexity index is 577. The minimum atomic E-state index is 0.924. The smallest absolute Gasteiger partial charge is 0.151 e. The van der Waals surface area contributed by atoms with Crippen LogP contribution in [0.3, 0.4) is 0 Å². The quantitative estimate of drug-likeness (QED) is 0.817. The monoisotopic (exact) mass is 270 g/mol. The van der Waals surface area contributed by atoms with Gasteiger partial charge in [0.25, 0.3) is 0 Å². The van der Waals surface area contributed by atoms with E-state index in [9.17, 15) is 0 Å². The topological polar surface area (TPSA) is 58.0 Å². The zero-order chi connectivity index (χ0) is 13.9. The fraction of sp³-hybridized carbons (Fsp3) is 0.429. The molecule has 2 aromatic rings. The maximum atomic E-state index is 4.61. The number of hydrogen-bond donors (Lipinski definition) is 0. The lowest BCUT2D eigenvalue weighted by Gasteiger charge is -2.36. The molecule has 20 heavy (non-hydrogen) atoms. The van der Waals surface area contributed by atoms with Crippen molar-refractivity contribution >= 4 is 11.6 Å². The molecular weight excluding hydrogens is 252 g/mol. The summed E-state index contributed by atoms with van der Waals surface area (Å²) in [4.78, 5) is 13.5. The van der Waals surface area contributed by atoms with Gasteiger partial charge in [0.05, 0.1) is 11.4 Å². The molecule has 1 saturated heterocycles. The molecule has 1 aliphatic rings. The number of piperazine rings is 1. The van der Waals surface area contributed by atoms with Crippen LogP contribution >= 0.6 is 0 Å². The standard InChI is InChI=1S/C14H18N6/c1-11-10-15-12(2)14(17-11)20-8-6-19(7-9-20)13-4-3-5-16-18-13/h3-5,10H,6-9H2,1-2H3. The summed E-state index contributed by atoms with van der Waals surface area (Å²) in [7, 11) is 0. The summed E-state index contributed by atoms with van der Waals surface area (Å²) >= 11 is 0. The van der Waals surface area contributed by atoms with Crippen molar-refractivity contribution in [3.63, 3.8) is 0 Å². The van der Waals surface area contributed by atoms with E-state index in [0.717, 1.165) is 49.2 Å². The molecular formula is C14H18N6. The summed E-state index contributed by atoms with van der Waals surface area (Å²) in [5, 5.41) is 8.10. The summed E-state index contributed by atoms with van der Waals surface area (Å²) < 4.78 is 0. The average molecular weight is 270 g/mol. The second-order valence-electron chi connectivity index (χ2n) is 4.98. The van der Waals surface area contributed by atoms with Crippen molar-refractivity contribution in [3.05, 3.63) is 35.9 Å². The molecule has 0 aromatic carbocycles. The number of aromatic nitrogens is 4. The number of anilines is 2. The minimum Gasteiger partial charge on any atom is -0.352 e. The van der Waals surface area contributed by atoms with Crippen LogP contribution in [0.25, 0.3) is 0 Å². The summed E-state index contributed by atoms with van der Waals surface area (Å²) in [5.74, 6) is 1.95. The Morgan fingerprint density at radius 1 is 1.05 bits per heavy atom. The van der Waals surface area contributed by atoms with Crippen LogP contribution in [0.2, 0.25) is 0 Å². The molecule has 0 saturated carbocycles. The van der Waals surface area contributed by atoms with E-state index in [4.69, 9.17) is 0 Å². The van der Waals surface area contributed by atoms with Gasteiger partial charge < -0.3 is 9.80 Å². The molecule has 6 heteroatoms. The normalized spacial score (nSPS) is 15.5. The van der Waals surface area contributed by atoms with Gasteiger partial charge in [-0.2, -0.15) is 5.10 Å². The highest BCUT2D eigenvalue weighted by Gasteiger charge is 2.20. The molecule has 0 radical (unpaired) electrons. The van der Waals surface area contributed by atoms with Crippen LogP contribution in [0, 0.1) is 13.8 Å². The van der Waals surface area contributed by atoms with Gasteiger partial charge in [-0.3, -0.25) is 4.98 Å². The number of aryl methyl sites for hydroxylation is 2. The van der Waals surface area contributed by atoms with Gasteiger partial charge in [0.1, 0.15) is 5.82 Å². The van der Waals surface area contributed by atoms with Gasteiger partial charge in [-0.25, -0.2) is 4.98 Å². The van der Waals surface area contributed by atoms with E-state index < -0.39 is 0 Å². The lowest BCUT2D eigenvalue weighted by molar-refractivity contribution is 0.634. The van der Waals surface area contributed by atoms with Crippen molar-refractivity contribution in [3.8, 4) is 0 Å². The summed E-state index contributed by atoms with van der Waals surface area (Å²) in [5.41, 5.74) is 1.95. The maximum absolute atomic E-state index is 4.61. The molecule has 6 nitrogen and oxygen atoms in total. The van der Waals surface area contributed by atoms with Gasteiger partial charge in [-0.15, -0.1) is 5.10 Å². The molecule has 0 amide bonds. The van der Waals surface area contributed by atoms with Crippen LogP contribution < -0.4 is 9.80 Å². The second kappa shape index (κ2) is 5.40. The summed E-state index contributed by atoms with van der Waals surface area (Å²) in [6.07, 6.45) is 3.51. The molecule has 0 N–H and O–H groups in total. The van der Waals surface area contributed by atoms with E-state index in [1.165, 1.54) is 0 Å². The summed E-state index contributed by atoms with van der Waals surface area (Å²) in [6.45, 7) is 7.69. The number of nitrogens with zero attached hydrogens (tertiary/aromatic N) is 6. The van der Waals surface area contributed by atoms with Crippen LogP contribution in [0.15, 0.2) is 24.5 Å². The summed E-state index contributed by atoms with van der Waals surface area (Å²) in [6, 6.07) is 3.92. The predicted octanol–water partition coefficient (Wildman–Crippen LogP) is 1.21. The zero-order valence-corrected chi connectivity index (χ0v) is 11.8. The molecule has 0 spiro atoms. The maximum Gasteiger partial charge on any atom is 0.151 e. The lowest BCUT2D eigenvalue weighted by atomic mass is 10.3. The van der Waals surface area contributed by atoms with E-state index >= 15 is 0 Å². The molecule has 104 valence electrons. The average Bonchev–Trinajstić information content (AvgIpc) is 2.51. The van der Waals surface area contributed by atoms with E-state index in [1.54, 1.807) is 6.20 Å².